The summed E-state index contributed by atoms with van der Waals surface area (Å²) in [4.78, 5) is 0.294. The van der Waals surface area contributed by atoms with Crippen molar-refractivity contribution in [3.05, 3.63) is 29.8 Å². The molecule has 0 radical (unpaired) electrons. The summed E-state index contributed by atoms with van der Waals surface area (Å²) in [6.07, 6.45) is 0.932. The van der Waals surface area contributed by atoms with Crippen LogP contribution in [0.4, 0.5) is 0 Å². The molecule has 0 aliphatic heterocycles. The molecule has 2 atom stereocenters. The number of sulfonamides is 1. The van der Waals surface area contributed by atoms with Gasteiger partial charge in [0.25, 0.3) is 0 Å². The number of nitrogens with one attached hydrogen (secondary N) is 1. The summed E-state index contributed by atoms with van der Waals surface area (Å²) in [6, 6.07) is 6.87. The zero-order valence-corrected chi connectivity index (χ0v) is 13.4. The van der Waals surface area contributed by atoms with E-state index in [1.807, 2.05) is 19.1 Å². The Morgan fingerprint density at radius 1 is 1.16 bits per heavy atom. The predicted octanol–water partition coefficient (Wildman–Crippen LogP) is 3.49. The van der Waals surface area contributed by atoms with Crippen LogP contribution < -0.4 is 4.72 Å². The lowest BCUT2D eigenvalue weighted by Crippen LogP contribution is -2.30. The highest BCUT2D eigenvalue weighted by molar-refractivity contribution is 7.89. The molecule has 0 spiro atoms. The molecule has 0 fully saturated rings. The zero-order valence-electron chi connectivity index (χ0n) is 11.9. The first-order chi connectivity index (χ1) is 8.77. The van der Waals surface area contributed by atoms with E-state index >= 15 is 0 Å². The summed E-state index contributed by atoms with van der Waals surface area (Å²) in [5.41, 5.74) is 1.08. The Kier molecular flexibility index (Phi) is 5.83. The van der Waals surface area contributed by atoms with Crippen LogP contribution in [0.3, 0.4) is 0 Å². The van der Waals surface area contributed by atoms with Crippen LogP contribution in [0.25, 0.3) is 0 Å². The molecule has 0 amide bonds. The number of alkyl halides is 1. The summed E-state index contributed by atoms with van der Waals surface area (Å²) >= 11 is 6.15. The topological polar surface area (TPSA) is 46.2 Å². The number of hydrogen-bond donors (Lipinski definition) is 1. The SMILES string of the molecule is CCC(c1ccc(S(=O)(=O)NC(C)C)cc1)C(C)Cl. The summed E-state index contributed by atoms with van der Waals surface area (Å²) in [7, 11) is -3.41. The van der Waals surface area contributed by atoms with Gasteiger partial charge in [-0.3, -0.25) is 0 Å². The molecule has 0 aliphatic carbocycles. The Bertz CT molecular complexity index is 495. The van der Waals surface area contributed by atoms with Crippen LogP contribution >= 0.6 is 11.6 Å². The van der Waals surface area contributed by atoms with Gasteiger partial charge in [0.2, 0.25) is 10.0 Å². The Morgan fingerprint density at radius 3 is 2.05 bits per heavy atom. The number of benzene rings is 1. The van der Waals surface area contributed by atoms with E-state index in [4.69, 9.17) is 11.6 Å². The molecule has 5 heteroatoms. The summed E-state index contributed by atoms with van der Waals surface area (Å²) in [6.45, 7) is 7.64. The van der Waals surface area contributed by atoms with Crippen molar-refractivity contribution in [2.75, 3.05) is 0 Å². The Balaban J connectivity index is 2.99. The maximum absolute atomic E-state index is 12.0. The lowest BCUT2D eigenvalue weighted by Gasteiger charge is -2.18. The second-order valence-electron chi connectivity index (χ2n) is 5.04. The fourth-order valence-corrected chi connectivity index (χ4v) is 3.67. The van der Waals surface area contributed by atoms with Crippen molar-refractivity contribution in [2.45, 2.75) is 56.3 Å². The average molecular weight is 304 g/mol. The minimum Gasteiger partial charge on any atom is -0.209 e. The first-order valence-corrected chi connectivity index (χ1v) is 8.46. The van der Waals surface area contributed by atoms with Crippen LogP contribution in [0.5, 0.6) is 0 Å². The maximum atomic E-state index is 12.0. The number of halogens is 1. The zero-order chi connectivity index (χ0) is 14.6. The number of hydrogen-bond acceptors (Lipinski definition) is 2. The molecular weight excluding hydrogens is 282 g/mol. The van der Waals surface area contributed by atoms with Crippen molar-refractivity contribution in [3.8, 4) is 0 Å². The van der Waals surface area contributed by atoms with Crippen molar-refractivity contribution in [3.63, 3.8) is 0 Å². The monoisotopic (exact) mass is 303 g/mol. The first-order valence-electron chi connectivity index (χ1n) is 6.54. The van der Waals surface area contributed by atoms with E-state index in [9.17, 15) is 8.42 Å². The molecule has 3 nitrogen and oxygen atoms in total. The molecule has 0 aromatic heterocycles. The second kappa shape index (κ2) is 6.73. The van der Waals surface area contributed by atoms with E-state index in [0.717, 1.165) is 12.0 Å². The van der Waals surface area contributed by atoms with E-state index in [0.29, 0.717) is 4.90 Å². The largest absolute Gasteiger partial charge is 0.240 e. The summed E-state index contributed by atoms with van der Waals surface area (Å²) in [5.74, 6) is 0.247. The van der Waals surface area contributed by atoms with Crippen LogP contribution in [0.15, 0.2) is 29.2 Å². The van der Waals surface area contributed by atoms with E-state index < -0.39 is 10.0 Å². The third-order valence-corrected chi connectivity index (χ3v) is 4.98. The second-order valence-corrected chi connectivity index (χ2v) is 7.44. The first kappa shape index (κ1) is 16.5. The minimum absolute atomic E-state index is 0.0289. The van der Waals surface area contributed by atoms with E-state index in [1.54, 1.807) is 26.0 Å². The Labute approximate surface area is 121 Å². The van der Waals surface area contributed by atoms with Crippen LogP contribution in [0, 0.1) is 0 Å². The van der Waals surface area contributed by atoms with Gasteiger partial charge in [0.1, 0.15) is 0 Å². The number of rotatable bonds is 6. The van der Waals surface area contributed by atoms with Gasteiger partial charge in [0.15, 0.2) is 0 Å². The van der Waals surface area contributed by atoms with Crippen molar-refractivity contribution in [2.24, 2.45) is 0 Å². The average Bonchev–Trinajstić information content (AvgIpc) is 2.28. The van der Waals surface area contributed by atoms with E-state index in [2.05, 4.69) is 11.6 Å². The van der Waals surface area contributed by atoms with Crippen molar-refractivity contribution >= 4 is 21.6 Å². The molecular formula is C14H22ClNO2S. The molecule has 1 aromatic carbocycles. The standard InChI is InChI=1S/C14H22ClNO2S/c1-5-14(11(4)15)12-6-8-13(9-7-12)19(17,18)16-10(2)3/h6-11,14,16H,5H2,1-4H3. The van der Waals surface area contributed by atoms with Crippen LogP contribution in [-0.4, -0.2) is 19.8 Å². The molecule has 1 rings (SSSR count). The predicted molar refractivity (Wildman–Crippen MR) is 80.2 cm³/mol. The Hall–Kier alpha value is -0.580. The highest BCUT2D eigenvalue weighted by atomic mass is 35.5. The summed E-state index contributed by atoms with van der Waals surface area (Å²) in [5, 5.41) is 0.0289. The smallest absolute Gasteiger partial charge is 0.209 e. The maximum Gasteiger partial charge on any atom is 0.240 e. The van der Waals surface area contributed by atoms with Gasteiger partial charge < -0.3 is 0 Å². The third kappa shape index (κ3) is 4.48. The highest BCUT2D eigenvalue weighted by Gasteiger charge is 2.18. The van der Waals surface area contributed by atoms with Crippen LogP contribution in [0.2, 0.25) is 0 Å². The normalized spacial score (nSPS) is 15.5. The van der Waals surface area contributed by atoms with Crippen LogP contribution in [-0.2, 0) is 10.0 Å². The fraction of sp³-hybridized carbons (Fsp3) is 0.571. The van der Waals surface area contributed by atoms with Gasteiger partial charge in [-0.15, -0.1) is 11.6 Å². The molecule has 0 saturated heterocycles. The minimum atomic E-state index is -3.41. The molecule has 2 unspecified atom stereocenters. The van der Waals surface area contributed by atoms with Gasteiger partial charge >= 0.3 is 0 Å². The molecule has 0 heterocycles. The van der Waals surface area contributed by atoms with Gasteiger partial charge in [0, 0.05) is 11.4 Å². The highest BCUT2D eigenvalue weighted by Crippen LogP contribution is 2.27. The van der Waals surface area contributed by atoms with Crippen molar-refractivity contribution < 1.29 is 8.42 Å². The molecule has 0 bridgehead atoms. The van der Waals surface area contributed by atoms with Crippen LogP contribution in [0.1, 0.15) is 45.6 Å². The van der Waals surface area contributed by atoms with Gasteiger partial charge in [-0.2, -0.15) is 0 Å². The third-order valence-electron chi connectivity index (χ3n) is 3.00. The molecule has 0 aliphatic rings. The molecule has 108 valence electrons. The molecule has 19 heavy (non-hydrogen) atoms. The quantitative estimate of drug-likeness (QED) is 0.818. The summed E-state index contributed by atoms with van der Waals surface area (Å²) < 4.78 is 26.5. The van der Waals surface area contributed by atoms with Gasteiger partial charge in [-0.05, 0) is 50.8 Å². The van der Waals surface area contributed by atoms with E-state index in [1.165, 1.54) is 0 Å². The lowest BCUT2D eigenvalue weighted by molar-refractivity contribution is 0.569. The molecule has 1 aromatic rings. The van der Waals surface area contributed by atoms with Gasteiger partial charge in [-0.25, -0.2) is 13.1 Å². The van der Waals surface area contributed by atoms with Gasteiger partial charge in [-0.1, -0.05) is 19.1 Å². The fourth-order valence-electron chi connectivity index (χ4n) is 2.10. The van der Waals surface area contributed by atoms with Gasteiger partial charge in [0.05, 0.1) is 4.90 Å². The van der Waals surface area contributed by atoms with Crippen molar-refractivity contribution in [1.82, 2.24) is 4.72 Å². The Morgan fingerprint density at radius 2 is 1.68 bits per heavy atom. The molecule has 1 N–H and O–H groups in total. The molecule has 0 saturated carbocycles. The van der Waals surface area contributed by atoms with Crippen molar-refractivity contribution in [1.29, 1.82) is 0 Å². The lowest BCUT2D eigenvalue weighted by atomic mass is 9.94. The van der Waals surface area contributed by atoms with E-state index in [-0.39, 0.29) is 17.3 Å².